The third kappa shape index (κ3) is 4.61. The molecule has 2 aromatic carbocycles. The Bertz CT molecular complexity index is 654. The molecule has 0 saturated carbocycles. The summed E-state index contributed by atoms with van der Waals surface area (Å²) in [6, 6.07) is 21.3. The lowest BCUT2D eigenvalue weighted by atomic mass is 10.2. The Labute approximate surface area is 153 Å². The second-order valence-corrected chi connectivity index (χ2v) is 11.4. The first-order valence-electron chi connectivity index (χ1n) is 8.84. The van der Waals surface area contributed by atoms with Crippen molar-refractivity contribution in [2.24, 2.45) is 0 Å². The predicted molar refractivity (Wildman–Crippen MR) is 108 cm³/mol. The Balaban J connectivity index is 2.41. The van der Waals surface area contributed by atoms with Gasteiger partial charge < -0.3 is 9.53 Å². The van der Waals surface area contributed by atoms with Gasteiger partial charge in [0, 0.05) is 19.4 Å². The quantitative estimate of drug-likeness (QED) is 0.491. The normalized spacial score (nSPS) is 11.7. The monoisotopic (exact) mass is 352 g/mol. The molecule has 3 heteroatoms. The fraction of sp³-hybridized carbons (Fsp3) is 0.364. The summed E-state index contributed by atoms with van der Waals surface area (Å²) in [5.41, 5.74) is 0. The zero-order chi connectivity index (χ0) is 18.2. The standard InChI is InChI=1S/C22H28O2Si/c1-22(2,3)25(20-14-8-6-9-15-20,21-16-10-7-11-17-21)24-19-13-5-4-12-18-23/h6-11,14-17,23H,12-13,18-19H2,1-3H3. The van der Waals surface area contributed by atoms with Crippen LogP contribution in [0.15, 0.2) is 60.7 Å². The summed E-state index contributed by atoms with van der Waals surface area (Å²) in [5, 5.41) is 11.4. The van der Waals surface area contributed by atoms with Crippen LogP contribution in [-0.2, 0) is 4.43 Å². The van der Waals surface area contributed by atoms with Gasteiger partial charge in [-0.2, -0.15) is 0 Å². The van der Waals surface area contributed by atoms with Crippen LogP contribution >= 0.6 is 0 Å². The molecule has 0 amide bonds. The third-order valence-electron chi connectivity index (χ3n) is 4.32. The maximum Gasteiger partial charge on any atom is 0.261 e. The molecular weight excluding hydrogens is 324 g/mol. The summed E-state index contributed by atoms with van der Waals surface area (Å²) in [4.78, 5) is 0. The van der Waals surface area contributed by atoms with E-state index < -0.39 is 8.32 Å². The Hall–Kier alpha value is -1.86. The average molecular weight is 353 g/mol. The smallest absolute Gasteiger partial charge is 0.261 e. The molecule has 25 heavy (non-hydrogen) atoms. The Kier molecular flexibility index (Phi) is 7.01. The molecule has 0 heterocycles. The fourth-order valence-corrected chi connectivity index (χ4v) is 7.81. The van der Waals surface area contributed by atoms with Crippen LogP contribution in [0.25, 0.3) is 0 Å². The summed E-state index contributed by atoms with van der Waals surface area (Å²) in [6.07, 6.45) is 1.21. The highest BCUT2D eigenvalue weighted by Crippen LogP contribution is 2.36. The van der Waals surface area contributed by atoms with Crippen molar-refractivity contribution < 1.29 is 9.53 Å². The molecule has 0 spiro atoms. The van der Waals surface area contributed by atoms with Crippen molar-refractivity contribution >= 4 is 18.7 Å². The van der Waals surface area contributed by atoms with E-state index in [-0.39, 0.29) is 11.6 Å². The highest BCUT2D eigenvalue weighted by molar-refractivity contribution is 6.99. The Morgan fingerprint density at radius 3 is 1.76 bits per heavy atom. The maximum absolute atomic E-state index is 8.83. The summed E-state index contributed by atoms with van der Waals surface area (Å²) in [5.74, 6) is 6.08. The third-order valence-corrected chi connectivity index (χ3v) is 9.37. The van der Waals surface area contributed by atoms with Gasteiger partial charge in [0.05, 0.1) is 6.61 Å². The van der Waals surface area contributed by atoms with E-state index in [4.69, 9.17) is 9.53 Å². The SMILES string of the molecule is CC(C)(C)[Si](OCCC#CCCO)(c1ccccc1)c1ccccc1. The van der Waals surface area contributed by atoms with Crippen LogP contribution in [0.2, 0.25) is 5.04 Å². The van der Waals surface area contributed by atoms with Gasteiger partial charge in [0.15, 0.2) is 0 Å². The van der Waals surface area contributed by atoms with Crippen molar-refractivity contribution in [3.05, 3.63) is 60.7 Å². The topological polar surface area (TPSA) is 29.5 Å². The van der Waals surface area contributed by atoms with E-state index in [1.54, 1.807) is 0 Å². The van der Waals surface area contributed by atoms with E-state index in [0.717, 1.165) is 0 Å². The number of aliphatic hydroxyl groups is 1. The molecule has 2 rings (SSSR count). The number of benzene rings is 2. The van der Waals surface area contributed by atoms with Gasteiger partial charge >= 0.3 is 0 Å². The molecule has 0 aliphatic carbocycles. The molecule has 2 aromatic rings. The minimum absolute atomic E-state index is 0.00572. The molecule has 0 aromatic heterocycles. The van der Waals surface area contributed by atoms with Crippen molar-refractivity contribution in [3.63, 3.8) is 0 Å². The lowest BCUT2D eigenvalue weighted by Gasteiger charge is -2.43. The molecule has 0 radical (unpaired) electrons. The summed E-state index contributed by atoms with van der Waals surface area (Å²) in [6.45, 7) is 7.54. The van der Waals surface area contributed by atoms with Gasteiger partial charge in [-0.05, 0) is 15.4 Å². The van der Waals surface area contributed by atoms with Crippen LogP contribution in [0, 0.1) is 11.8 Å². The van der Waals surface area contributed by atoms with E-state index in [2.05, 4.69) is 93.3 Å². The van der Waals surface area contributed by atoms with Crippen LogP contribution in [0.3, 0.4) is 0 Å². The van der Waals surface area contributed by atoms with E-state index in [0.29, 0.717) is 19.4 Å². The second kappa shape index (κ2) is 9.01. The largest absolute Gasteiger partial charge is 0.406 e. The summed E-state index contributed by atoms with van der Waals surface area (Å²) < 4.78 is 6.72. The molecule has 0 atom stereocenters. The summed E-state index contributed by atoms with van der Waals surface area (Å²) in [7, 11) is -2.43. The maximum atomic E-state index is 8.83. The summed E-state index contributed by atoms with van der Waals surface area (Å²) >= 11 is 0. The molecule has 0 unspecified atom stereocenters. The Morgan fingerprint density at radius 2 is 1.32 bits per heavy atom. The van der Waals surface area contributed by atoms with Crippen LogP contribution in [0.1, 0.15) is 33.6 Å². The molecule has 0 fully saturated rings. The molecule has 1 N–H and O–H groups in total. The first-order chi connectivity index (χ1) is 12.0. The van der Waals surface area contributed by atoms with Gasteiger partial charge in [-0.1, -0.05) is 81.4 Å². The van der Waals surface area contributed by atoms with Crippen molar-refractivity contribution in [2.75, 3.05) is 13.2 Å². The van der Waals surface area contributed by atoms with E-state index in [9.17, 15) is 0 Å². The average Bonchev–Trinajstić information content (AvgIpc) is 2.62. The van der Waals surface area contributed by atoms with Crippen molar-refractivity contribution in [1.82, 2.24) is 0 Å². The zero-order valence-corrected chi connectivity index (χ0v) is 16.5. The van der Waals surface area contributed by atoms with Crippen LogP contribution in [0.4, 0.5) is 0 Å². The van der Waals surface area contributed by atoms with E-state index in [1.165, 1.54) is 10.4 Å². The molecular formula is C22H28O2Si. The zero-order valence-electron chi connectivity index (χ0n) is 15.5. The van der Waals surface area contributed by atoms with Gasteiger partial charge in [0.2, 0.25) is 0 Å². The van der Waals surface area contributed by atoms with Crippen molar-refractivity contribution in [2.45, 2.75) is 38.7 Å². The lowest BCUT2D eigenvalue weighted by molar-refractivity contribution is 0.303. The molecule has 0 aliphatic rings. The van der Waals surface area contributed by atoms with E-state index in [1.807, 2.05) is 0 Å². The number of hydrogen-bond acceptors (Lipinski definition) is 2. The minimum atomic E-state index is -2.43. The van der Waals surface area contributed by atoms with Crippen LogP contribution in [0.5, 0.6) is 0 Å². The number of rotatable bonds is 6. The fourth-order valence-electron chi connectivity index (χ4n) is 3.25. The van der Waals surface area contributed by atoms with Crippen molar-refractivity contribution in [1.29, 1.82) is 0 Å². The number of hydrogen-bond donors (Lipinski definition) is 1. The van der Waals surface area contributed by atoms with Gasteiger partial charge in [-0.25, -0.2) is 0 Å². The van der Waals surface area contributed by atoms with Gasteiger partial charge in [-0.15, -0.1) is 11.8 Å². The predicted octanol–water partition coefficient (Wildman–Crippen LogP) is 3.34. The number of aliphatic hydroxyl groups excluding tert-OH is 1. The van der Waals surface area contributed by atoms with Gasteiger partial charge in [0.1, 0.15) is 0 Å². The highest BCUT2D eigenvalue weighted by atomic mass is 28.4. The first kappa shape index (κ1) is 19.5. The van der Waals surface area contributed by atoms with Gasteiger partial charge in [0.25, 0.3) is 8.32 Å². The molecule has 2 nitrogen and oxygen atoms in total. The lowest BCUT2D eigenvalue weighted by Crippen LogP contribution is -2.66. The highest BCUT2D eigenvalue weighted by Gasteiger charge is 2.49. The second-order valence-electron chi connectivity index (χ2n) is 7.09. The van der Waals surface area contributed by atoms with Gasteiger partial charge in [-0.3, -0.25) is 0 Å². The van der Waals surface area contributed by atoms with Crippen LogP contribution in [-0.4, -0.2) is 26.6 Å². The molecule has 132 valence electrons. The van der Waals surface area contributed by atoms with Crippen LogP contribution < -0.4 is 10.4 Å². The minimum Gasteiger partial charge on any atom is -0.406 e. The molecule has 0 bridgehead atoms. The first-order valence-corrected chi connectivity index (χ1v) is 10.7. The molecule has 0 saturated heterocycles. The van der Waals surface area contributed by atoms with Crippen molar-refractivity contribution in [3.8, 4) is 11.8 Å². The van der Waals surface area contributed by atoms with E-state index >= 15 is 0 Å². The molecule has 0 aliphatic heterocycles. The Morgan fingerprint density at radius 1 is 0.840 bits per heavy atom.